The predicted molar refractivity (Wildman–Crippen MR) is 138 cm³/mol. The third-order valence-corrected chi connectivity index (χ3v) is 6.86. The molecule has 8 heteroatoms. The maximum absolute atomic E-state index is 12.6. The Kier molecular flexibility index (Phi) is 6.95. The Morgan fingerprint density at radius 1 is 1.06 bits per heavy atom. The van der Waals surface area contributed by atoms with Crippen molar-refractivity contribution in [2.24, 2.45) is 5.10 Å². The quantitative estimate of drug-likeness (QED) is 0.449. The zero-order valence-corrected chi connectivity index (χ0v) is 20.4. The fourth-order valence-corrected chi connectivity index (χ4v) is 4.91. The first-order valence-corrected chi connectivity index (χ1v) is 12.4. The van der Waals surface area contributed by atoms with Gasteiger partial charge < -0.3 is 10.1 Å². The summed E-state index contributed by atoms with van der Waals surface area (Å²) in [7, 11) is 1.36. The van der Waals surface area contributed by atoms with Crippen molar-refractivity contribution in [3.05, 3.63) is 82.5 Å². The van der Waals surface area contributed by atoms with Gasteiger partial charge in [0.1, 0.15) is 5.56 Å². The van der Waals surface area contributed by atoms with E-state index in [2.05, 4.69) is 22.4 Å². The van der Waals surface area contributed by atoms with Gasteiger partial charge in [0.15, 0.2) is 5.82 Å². The number of rotatable bonds is 6. The van der Waals surface area contributed by atoms with Crippen LogP contribution in [0.4, 0.5) is 11.8 Å². The lowest BCUT2D eigenvalue weighted by molar-refractivity contribution is 0.0600. The minimum Gasteiger partial charge on any atom is -0.465 e. The van der Waals surface area contributed by atoms with Gasteiger partial charge >= 0.3 is 5.97 Å². The second-order valence-corrected chi connectivity index (χ2v) is 9.38. The van der Waals surface area contributed by atoms with E-state index in [4.69, 9.17) is 26.4 Å². The number of anilines is 2. The molecule has 2 aliphatic rings. The number of hydrogen-bond acceptors (Lipinski definition) is 7. The highest BCUT2D eigenvalue weighted by molar-refractivity contribution is 6.30. The van der Waals surface area contributed by atoms with Crippen molar-refractivity contribution in [1.29, 1.82) is 0 Å². The molecule has 7 nitrogen and oxygen atoms in total. The van der Waals surface area contributed by atoms with Gasteiger partial charge in [-0.1, -0.05) is 73.3 Å². The Bertz CT molecular complexity index is 1210. The average Bonchev–Trinajstić information content (AvgIpc) is 3.35. The van der Waals surface area contributed by atoms with Crippen LogP contribution in [0.2, 0.25) is 5.02 Å². The van der Waals surface area contributed by atoms with E-state index in [-0.39, 0.29) is 11.5 Å². The summed E-state index contributed by atoms with van der Waals surface area (Å²) in [5.41, 5.74) is 3.29. The molecule has 180 valence electrons. The first-order valence-electron chi connectivity index (χ1n) is 12.0. The summed E-state index contributed by atoms with van der Waals surface area (Å²) in [5.74, 6) is 0.448. The van der Waals surface area contributed by atoms with Crippen molar-refractivity contribution >= 4 is 35.0 Å². The summed E-state index contributed by atoms with van der Waals surface area (Å²) < 4.78 is 5.03. The lowest BCUT2D eigenvalue weighted by Gasteiger charge is -2.24. The lowest BCUT2D eigenvalue weighted by Crippen LogP contribution is -2.26. The summed E-state index contributed by atoms with van der Waals surface area (Å²) in [6, 6.07) is 18.2. The molecule has 3 aromatic rings. The van der Waals surface area contributed by atoms with E-state index in [1.807, 2.05) is 42.5 Å². The highest BCUT2D eigenvalue weighted by Crippen LogP contribution is 2.33. The minimum absolute atomic E-state index is 0.00686. The summed E-state index contributed by atoms with van der Waals surface area (Å²) in [5, 5.41) is 10.9. The Balaban J connectivity index is 1.54. The molecule has 0 saturated heterocycles. The maximum Gasteiger partial charge on any atom is 0.343 e. The van der Waals surface area contributed by atoms with Crippen molar-refractivity contribution in [3.8, 4) is 0 Å². The summed E-state index contributed by atoms with van der Waals surface area (Å²) in [4.78, 5) is 21.8. The molecular formula is C27H28ClN5O2. The number of halogens is 1. The number of carbonyl (C=O) groups is 1. The predicted octanol–water partition coefficient (Wildman–Crippen LogP) is 5.67. The monoisotopic (exact) mass is 489 g/mol. The third kappa shape index (κ3) is 5.15. The number of benzene rings is 2. The molecule has 1 fully saturated rings. The molecule has 2 heterocycles. The van der Waals surface area contributed by atoms with Gasteiger partial charge in [0.05, 0.1) is 19.4 Å². The minimum atomic E-state index is -0.490. The smallest absolute Gasteiger partial charge is 0.343 e. The molecule has 0 radical (unpaired) electrons. The number of hydrazone groups is 1. The van der Waals surface area contributed by atoms with E-state index in [1.165, 1.54) is 32.6 Å². The molecule has 1 aromatic heterocycles. The third-order valence-electron chi connectivity index (χ3n) is 6.61. The molecule has 0 spiro atoms. The van der Waals surface area contributed by atoms with Crippen LogP contribution in [0.3, 0.4) is 0 Å². The number of methoxy groups -OCH3 is 1. The zero-order chi connectivity index (χ0) is 24.2. The van der Waals surface area contributed by atoms with E-state index in [9.17, 15) is 4.79 Å². The number of esters is 1. The van der Waals surface area contributed by atoms with Crippen LogP contribution < -0.4 is 10.3 Å². The molecule has 1 aliphatic heterocycles. The molecule has 1 unspecified atom stereocenters. The number of ether oxygens (including phenoxy) is 1. The Hall–Kier alpha value is -3.45. The van der Waals surface area contributed by atoms with Crippen molar-refractivity contribution in [1.82, 2.24) is 9.97 Å². The van der Waals surface area contributed by atoms with Gasteiger partial charge in [-0.05, 0) is 36.1 Å². The zero-order valence-electron chi connectivity index (χ0n) is 19.7. The first kappa shape index (κ1) is 23.3. The Labute approximate surface area is 210 Å². The molecule has 1 atom stereocenters. The first-order chi connectivity index (χ1) is 17.1. The molecular weight excluding hydrogens is 462 g/mol. The van der Waals surface area contributed by atoms with Crippen LogP contribution in [0.15, 0.2) is 65.9 Å². The van der Waals surface area contributed by atoms with Gasteiger partial charge in [0.2, 0.25) is 5.95 Å². The van der Waals surface area contributed by atoms with E-state index < -0.39 is 5.97 Å². The Morgan fingerprint density at radius 3 is 2.51 bits per heavy atom. The number of aromatic nitrogens is 2. The second kappa shape index (κ2) is 10.4. The van der Waals surface area contributed by atoms with E-state index in [0.717, 1.165) is 29.7 Å². The summed E-state index contributed by atoms with van der Waals surface area (Å²) in [6.45, 7) is 0.534. The van der Waals surface area contributed by atoms with Gasteiger partial charge in [0, 0.05) is 23.2 Å². The number of nitrogens with one attached hydrogen (secondary N) is 1. The SMILES string of the molecule is COC(=O)c1cnc(NC2CCCCC2)nc1N1CC(c2ccccc2)C(c2ccc(Cl)cc2)=N1. The molecule has 0 bridgehead atoms. The van der Waals surface area contributed by atoms with Crippen LogP contribution in [-0.2, 0) is 4.74 Å². The number of hydrogen-bond donors (Lipinski definition) is 1. The molecule has 2 aromatic carbocycles. The standard InChI is InChI=1S/C27H28ClN5O2/c1-35-26(34)22-16-29-27(30-21-10-6-3-7-11-21)31-25(22)33-17-23(18-8-4-2-5-9-18)24(32-33)19-12-14-20(28)15-13-19/h2,4-5,8-9,12-16,21,23H,3,6-7,10-11,17H2,1H3,(H,29,30,31). The van der Waals surface area contributed by atoms with Crippen LogP contribution in [0.1, 0.15) is 59.5 Å². The van der Waals surface area contributed by atoms with Crippen LogP contribution >= 0.6 is 11.6 Å². The maximum atomic E-state index is 12.6. The molecule has 1 N–H and O–H groups in total. The van der Waals surface area contributed by atoms with E-state index >= 15 is 0 Å². The van der Waals surface area contributed by atoms with Gasteiger partial charge in [-0.3, -0.25) is 0 Å². The van der Waals surface area contributed by atoms with Crippen molar-refractivity contribution < 1.29 is 9.53 Å². The van der Waals surface area contributed by atoms with Crippen molar-refractivity contribution in [2.75, 3.05) is 24.0 Å². The Morgan fingerprint density at radius 2 is 1.80 bits per heavy atom. The fraction of sp³-hybridized carbons (Fsp3) is 0.333. The summed E-state index contributed by atoms with van der Waals surface area (Å²) in [6.07, 6.45) is 7.38. The highest BCUT2D eigenvalue weighted by atomic mass is 35.5. The molecule has 35 heavy (non-hydrogen) atoms. The van der Waals surface area contributed by atoms with Gasteiger partial charge in [-0.25, -0.2) is 14.8 Å². The lowest BCUT2D eigenvalue weighted by atomic mass is 9.91. The molecule has 5 rings (SSSR count). The largest absolute Gasteiger partial charge is 0.465 e. The summed E-state index contributed by atoms with van der Waals surface area (Å²) >= 11 is 6.14. The van der Waals surface area contributed by atoms with E-state index in [1.54, 1.807) is 5.01 Å². The molecule has 0 amide bonds. The highest BCUT2D eigenvalue weighted by Gasteiger charge is 2.33. The normalized spacial score (nSPS) is 18.3. The van der Waals surface area contributed by atoms with E-state index in [0.29, 0.717) is 29.4 Å². The topological polar surface area (TPSA) is 79.7 Å². The average molecular weight is 490 g/mol. The van der Waals surface area contributed by atoms with Gasteiger partial charge in [0.25, 0.3) is 0 Å². The number of carbonyl (C=O) groups excluding carboxylic acids is 1. The van der Waals surface area contributed by atoms with Gasteiger partial charge in [-0.2, -0.15) is 10.1 Å². The molecule has 1 saturated carbocycles. The van der Waals surface area contributed by atoms with Gasteiger partial charge in [-0.15, -0.1) is 0 Å². The van der Waals surface area contributed by atoms with Crippen LogP contribution in [-0.4, -0.2) is 41.3 Å². The van der Waals surface area contributed by atoms with Crippen molar-refractivity contribution in [3.63, 3.8) is 0 Å². The fourth-order valence-electron chi connectivity index (χ4n) is 4.78. The second-order valence-electron chi connectivity index (χ2n) is 8.94. The van der Waals surface area contributed by atoms with Crippen LogP contribution in [0.5, 0.6) is 0 Å². The number of nitrogens with zero attached hydrogens (tertiary/aromatic N) is 4. The van der Waals surface area contributed by atoms with Crippen molar-refractivity contribution in [2.45, 2.75) is 44.1 Å². The van der Waals surface area contributed by atoms with Crippen LogP contribution in [0.25, 0.3) is 0 Å². The molecule has 1 aliphatic carbocycles. The van der Waals surface area contributed by atoms with Crippen LogP contribution in [0, 0.1) is 0 Å².